The van der Waals surface area contributed by atoms with Crippen LogP contribution in [0, 0.1) is 20.8 Å². The number of rotatable bonds is 5. The van der Waals surface area contributed by atoms with Crippen LogP contribution in [0.15, 0.2) is 6.20 Å². The summed E-state index contributed by atoms with van der Waals surface area (Å²) in [5, 5.41) is 11.3. The Kier molecular flexibility index (Phi) is 4.45. The van der Waals surface area contributed by atoms with E-state index < -0.39 is 0 Å². The zero-order valence-corrected chi connectivity index (χ0v) is 13.4. The zero-order chi connectivity index (χ0) is 15.6. The van der Waals surface area contributed by atoms with Crippen molar-refractivity contribution in [2.75, 3.05) is 7.05 Å². The molecule has 2 heterocycles. The number of nitrogens with one attached hydrogen (secondary N) is 1. The molecule has 1 N–H and O–H groups in total. The largest absolute Gasteiger partial charge is 0.340 e. The van der Waals surface area contributed by atoms with Crippen LogP contribution in [0.3, 0.4) is 0 Å². The molecule has 0 aliphatic heterocycles. The first-order valence-electron chi connectivity index (χ1n) is 7.19. The van der Waals surface area contributed by atoms with Crippen LogP contribution in [0.2, 0.25) is 0 Å². The predicted molar refractivity (Wildman–Crippen MR) is 80.9 cm³/mol. The minimum absolute atomic E-state index is 0.0452. The highest BCUT2D eigenvalue weighted by atomic mass is 16.2. The lowest BCUT2D eigenvalue weighted by Gasteiger charge is -2.17. The molecular weight excluding hydrogens is 266 g/mol. The number of hydrogen-bond acceptors (Lipinski definition) is 3. The Bertz CT molecular complexity index is 641. The number of hydrogen-bond donors (Lipinski definition) is 1. The summed E-state index contributed by atoms with van der Waals surface area (Å²) in [5.74, 6) is 0.0452. The van der Waals surface area contributed by atoms with Gasteiger partial charge >= 0.3 is 0 Å². The molecule has 0 aromatic carbocycles. The quantitative estimate of drug-likeness (QED) is 0.912. The number of carbonyl (C=O) groups excluding carboxylic acids is 1. The van der Waals surface area contributed by atoms with E-state index in [1.807, 2.05) is 20.8 Å². The Hall–Kier alpha value is -2.11. The molecule has 2 aromatic heterocycles. The fourth-order valence-corrected chi connectivity index (χ4v) is 2.53. The number of aryl methyl sites for hydroxylation is 2. The molecule has 0 fully saturated rings. The highest BCUT2D eigenvalue weighted by Crippen LogP contribution is 2.14. The number of aromatic nitrogens is 4. The van der Waals surface area contributed by atoms with Gasteiger partial charge in [-0.3, -0.25) is 14.6 Å². The van der Waals surface area contributed by atoms with Gasteiger partial charge in [0, 0.05) is 30.5 Å². The maximum Gasteiger partial charge on any atom is 0.244 e. The first kappa shape index (κ1) is 15.3. The summed E-state index contributed by atoms with van der Waals surface area (Å²) in [4.78, 5) is 14.1. The number of carbonyl (C=O) groups is 1. The first-order valence-corrected chi connectivity index (χ1v) is 7.19. The lowest BCUT2D eigenvalue weighted by Crippen LogP contribution is -2.30. The molecule has 0 saturated carbocycles. The molecule has 0 aliphatic carbocycles. The number of aromatic amines is 1. The van der Waals surface area contributed by atoms with Gasteiger partial charge in [-0.1, -0.05) is 6.92 Å². The molecule has 6 nitrogen and oxygen atoms in total. The van der Waals surface area contributed by atoms with Crippen molar-refractivity contribution in [1.29, 1.82) is 0 Å². The third-order valence-electron chi connectivity index (χ3n) is 3.94. The summed E-state index contributed by atoms with van der Waals surface area (Å²) in [6.45, 7) is 8.91. The van der Waals surface area contributed by atoms with Gasteiger partial charge < -0.3 is 4.90 Å². The minimum atomic E-state index is 0.0452. The molecule has 0 atom stereocenters. The normalized spacial score (nSPS) is 10.9. The SMILES string of the molecule is CCc1c(C)nn(CC(=O)N(C)Cc2cn[nH]c2C)c1C. The fraction of sp³-hybridized carbons (Fsp3) is 0.533. The number of nitrogens with zero attached hydrogens (tertiary/aromatic N) is 4. The molecule has 21 heavy (non-hydrogen) atoms. The molecule has 114 valence electrons. The van der Waals surface area contributed by atoms with Gasteiger partial charge in [-0.05, 0) is 32.8 Å². The van der Waals surface area contributed by atoms with Crippen molar-refractivity contribution in [2.24, 2.45) is 0 Å². The van der Waals surface area contributed by atoms with Crippen LogP contribution in [-0.4, -0.2) is 37.8 Å². The van der Waals surface area contributed by atoms with Gasteiger partial charge in [0.1, 0.15) is 6.54 Å². The molecule has 0 aliphatic rings. The van der Waals surface area contributed by atoms with Crippen molar-refractivity contribution in [1.82, 2.24) is 24.9 Å². The Morgan fingerprint density at radius 1 is 1.38 bits per heavy atom. The Morgan fingerprint density at radius 3 is 2.62 bits per heavy atom. The summed E-state index contributed by atoms with van der Waals surface area (Å²) < 4.78 is 1.80. The van der Waals surface area contributed by atoms with E-state index >= 15 is 0 Å². The molecule has 0 spiro atoms. The second-order valence-corrected chi connectivity index (χ2v) is 5.43. The molecule has 0 saturated heterocycles. The lowest BCUT2D eigenvalue weighted by molar-refractivity contribution is -0.131. The molecule has 2 aromatic rings. The van der Waals surface area contributed by atoms with E-state index in [1.165, 1.54) is 5.56 Å². The van der Waals surface area contributed by atoms with Crippen LogP contribution in [0.1, 0.15) is 35.1 Å². The zero-order valence-electron chi connectivity index (χ0n) is 13.4. The van der Waals surface area contributed by atoms with Crippen molar-refractivity contribution in [3.05, 3.63) is 34.4 Å². The Balaban J connectivity index is 2.06. The van der Waals surface area contributed by atoms with Crippen LogP contribution in [0.4, 0.5) is 0 Å². The smallest absolute Gasteiger partial charge is 0.244 e. The maximum atomic E-state index is 12.3. The molecule has 0 unspecified atom stereocenters. The van der Waals surface area contributed by atoms with Crippen molar-refractivity contribution in [2.45, 2.75) is 47.2 Å². The average molecular weight is 289 g/mol. The summed E-state index contributed by atoms with van der Waals surface area (Å²) >= 11 is 0. The predicted octanol–water partition coefficient (Wildman–Crippen LogP) is 1.75. The molecule has 0 radical (unpaired) electrons. The number of likely N-dealkylation sites (N-methyl/N-ethyl adjacent to an activating group) is 1. The maximum absolute atomic E-state index is 12.3. The average Bonchev–Trinajstić information content (AvgIpc) is 2.94. The van der Waals surface area contributed by atoms with Gasteiger partial charge in [-0.15, -0.1) is 0 Å². The van der Waals surface area contributed by atoms with E-state index in [-0.39, 0.29) is 12.5 Å². The van der Waals surface area contributed by atoms with E-state index in [1.54, 1.807) is 22.8 Å². The van der Waals surface area contributed by atoms with E-state index in [9.17, 15) is 4.79 Å². The van der Waals surface area contributed by atoms with E-state index in [4.69, 9.17) is 0 Å². The third kappa shape index (κ3) is 3.15. The Morgan fingerprint density at radius 2 is 2.10 bits per heavy atom. The fourth-order valence-electron chi connectivity index (χ4n) is 2.53. The summed E-state index contributed by atoms with van der Waals surface area (Å²) in [6, 6.07) is 0. The van der Waals surface area contributed by atoms with Crippen molar-refractivity contribution < 1.29 is 4.79 Å². The Labute approximate surface area is 125 Å². The summed E-state index contributed by atoms with van der Waals surface area (Å²) in [6.07, 6.45) is 2.70. The monoisotopic (exact) mass is 289 g/mol. The highest BCUT2D eigenvalue weighted by Gasteiger charge is 2.16. The highest BCUT2D eigenvalue weighted by molar-refractivity contribution is 5.75. The van der Waals surface area contributed by atoms with Crippen LogP contribution in [0.25, 0.3) is 0 Å². The van der Waals surface area contributed by atoms with Gasteiger partial charge in [0.2, 0.25) is 5.91 Å². The molecule has 1 amide bonds. The van der Waals surface area contributed by atoms with Crippen LogP contribution in [0.5, 0.6) is 0 Å². The number of H-pyrrole nitrogens is 1. The van der Waals surface area contributed by atoms with Gasteiger partial charge in [-0.2, -0.15) is 10.2 Å². The number of amides is 1. The van der Waals surface area contributed by atoms with E-state index in [0.29, 0.717) is 6.54 Å². The summed E-state index contributed by atoms with van der Waals surface area (Å²) in [7, 11) is 1.81. The van der Waals surface area contributed by atoms with Crippen LogP contribution >= 0.6 is 0 Å². The molecular formula is C15H23N5O. The molecule has 6 heteroatoms. The van der Waals surface area contributed by atoms with Gasteiger partial charge in [0.05, 0.1) is 11.9 Å². The van der Waals surface area contributed by atoms with Gasteiger partial charge in [0.25, 0.3) is 0 Å². The topological polar surface area (TPSA) is 66.8 Å². The van der Waals surface area contributed by atoms with Crippen molar-refractivity contribution in [3.63, 3.8) is 0 Å². The molecule has 0 bridgehead atoms. The third-order valence-corrected chi connectivity index (χ3v) is 3.94. The van der Waals surface area contributed by atoms with Crippen LogP contribution in [-0.2, 0) is 24.3 Å². The molecule has 2 rings (SSSR count). The minimum Gasteiger partial charge on any atom is -0.340 e. The van der Waals surface area contributed by atoms with E-state index in [2.05, 4.69) is 22.2 Å². The second-order valence-electron chi connectivity index (χ2n) is 5.43. The van der Waals surface area contributed by atoms with Crippen molar-refractivity contribution in [3.8, 4) is 0 Å². The first-order chi connectivity index (χ1) is 9.93. The lowest BCUT2D eigenvalue weighted by atomic mass is 10.1. The van der Waals surface area contributed by atoms with Gasteiger partial charge in [-0.25, -0.2) is 0 Å². The summed E-state index contributed by atoms with van der Waals surface area (Å²) in [5.41, 5.74) is 5.35. The van der Waals surface area contributed by atoms with Gasteiger partial charge in [0.15, 0.2) is 0 Å². The second kappa shape index (κ2) is 6.11. The van der Waals surface area contributed by atoms with Crippen LogP contribution < -0.4 is 0 Å². The standard InChI is InChI=1S/C15H23N5O/c1-6-14-11(3)18-20(12(14)4)9-15(21)19(5)8-13-7-16-17-10(13)2/h7H,6,8-9H2,1-5H3,(H,16,17). The van der Waals surface area contributed by atoms with E-state index in [0.717, 1.165) is 29.1 Å². The van der Waals surface area contributed by atoms with Crippen molar-refractivity contribution >= 4 is 5.91 Å².